The topological polar surface area (TPSA) is 115 Å². The fourth-order valence-corrected chi connectivity index (χ4v) is 0. The normalized spacial score (nSPS) is 4.80. The molecule has 0 saturated heterocycles. The van der Waals surface area contributed by atoms with E-state index in [9.17, 15) is 0 Å². The van der Waals surface area contributed by atoms with Crippen molar-refractivity contribution in [3.8, 4) is 0 Å². The molecule has 0 aliphatic heterocycles. The molecule has 60 valence electrons. The first-order valence-electron chi connectivity index (χ1n) is 1.30. The number of carbonyl (C=O) groups is 2. The Balaban J connectivity index is -0.0000000112. The van der Waals surface area contributed by atoms with Crippen LogP contribution in [0, 0.1) is 0 Å². The monoisotopic (exact) mass is 182 g/mol. The molecule has 0 unspecified atom stereocenters. The quantitative estimate of drug-likeness (QED) is 0.414. The second-order valence-corrected chi connectivity index (χ2v) is 0.565. The minimum Gasteiger partial charge on any atom is -1.00 e. The second-order valence-electron chi connectivity index (χ2n) is 0.565. The van der Waals surface area contributed by atoms with Crippen LogP contribution in [-0.2, 0) is 0 Å². The van der Waals surface area contributed by atoms with E-state index in [-0.39, 0.29) is 48.0 Å². The van der Waals surface area contributed by atoms with Gasteiger partial charge in [-0.1, -0.05) is 7.43 Å². The van der Waals surface area contributed by atoms with Gasteiger partial charge in [0.2, 0.25) is 0 Å². The molecule has 7 heteroatoms. The molecule has 0 amide bonds. The minimum atomic E-state index is -1.83. The predicted octanol–water partition coefficient (Wildman–Crippen LogP) is 0.925. The molecule has 0 spiro atoms. The van der Waals surface area contributed by atoms with Crippen molar-refractivity contribution < 1.29 is 32.9 Å². The van der Waals surface area contributed by atoms with Crippen LogP contribution in [0.15, 0.2) is 0 Å². The first-order valence-corrected chi connectivity index (χ1v) is 1.30. The third-order valence-electron chi connectivity index (χ3n) is 0. The molecule has 10 heavy (non-hydrogen) atoms. The largest absolute Gasteiger partial charge is 2.00 e. The number of hydrogen-bond donors (Lipinski definition) is 4. The summed E-state index contributed by atoms with van der Waals surface area (Å²) in [5.41, 5.74) is 0. The molecule has 0 aliphatic rings. The van der Waals surface area contributed by atoms with E-state index in [1.165, 1.54) is 0 Å². The van der Waals surface area contributed by atoms with Crippen molar-refractivity contribution in [2.75, 3.05) is 0 Å². The minimum absolute atomic E-state index is 0. The Morgan fingerprint density at radius 1 is 0.900 bits per heavy atom. The van der Waals surface area contributed by atoms with Crippen molar-refractivity contribution in [2.45, 2.75) is 7.43 Å². The molecule has 0 bridgehead atoms. The van der Waals surface area contributed by atoms with Gasteiger partial charge in [0.1, 0.15) is 0 Å². The van der Waals surface area contributed by atoms with Crippen LogP contribution in [-0.4, -0.2) is 70.5 Å². The molecule has 0 aromatic carbocycles. The van der Waals surface area contributed by atoms with E-state index in [1.807, 2.05) is 0 Å². The molecule has 0 rings (SSSR count). The fourth-order valence-electron chi connectivity index (χ4n) is 0. The average molecular weight is 182 g/mol. The summed E-state index contributed by atoms with van der Waals surface area (Å²) in [6.45, 7) is 0. The Morgan fingerprint density at radius 2 is 0.900 bits per heavy atom. The van der Waals surface area contributed by atoms with E-state index in [0.717, 1.165) is 0 Å². The van der Waals surface area contributed by atoms with E-state index in [1.54, 1.807) is 0 Å². The molecule has 0 heterocycles. The summed E-state index contributed by atoms with van der Waals surface area (Å²) >= 11 is 0. The summed E-state index contributed by atoms with van der Waals surface area (Å²) in [6.07, 6.45) is -3.67. The van der Waals surface area contributed by atoms with Crippen molar-refractivity contribution in [3.05, 3.63) is 0 Å². The summed E-state index contributed by atoms with van der Waals surface area (Å²) < 4.78 is 0. The van der Waals surface area contributed by atoms with Crippen molar-refractivity contribution in [2.24, 2.45) is 0 Å². The molecule has 0 aromatic rings. The number of carboxylic acid groups (broad SMARTS) is 4. The fraction of sp³-hybridized carbons (Fsp3) is 0.333. The van der Waals surface area contributed by atoms with Gasteiger partial charge >= 0.3 is 50.0 Å². The first-order chi connectivity index (χ1) is 3.46. The van der Waals surface area contributed by atoms with Crippen LogP contribution in [0.2, 0.25) is 0 Å². The molecule has 0 atom stereocenters. The maximum absolute atomic E-state index is 8.56. The second kappa shape index (κ2) is 15.9. The van der Waals surface area contributed by atoms with E-state index < -0.39 is 12.3 Å². The summed E-state index contributed by atoms with van der Waals surface area (Å²) in [4.78, 5) is 17.1. The van der Waals surface area contributed by atoms with Gasteiger partial charge in [-0.05, 0) is 0 Å². The van der Waals surface area contributed by atoms with Gasteiger partial charge in [-0.15, -0.1) is 0 Å². The number of hydrogen-bond acceptors (Lipinski definition) is 2. The van der Waals surface area contributed by atoms with Gasteiger partial charge in [0.05, 0.1) is 0 Å². The smallest absolute Gasteiger partial charge is 1.00 e. The Labute approximate surface area is 90.1 Å². The van der Waals surface area contributed by atoms with Gasteiger partial charge in [-0.2, -0.15) is 0 Å². The van der Waals surface area contributed by atoms with Crippen LogP contribution < -0.4 is 0 Å². The van der Waals surface area contributed by atoms with Crippen LogP contribution in [0.25, 0.3) is 0 Å². The van der Waals surface area contributed by atoms with Gasteiger partial charge in [-0.25, -0.2) is 9.59 Å². The van der Waals surface area contributed by atoms with Gasteiger partial charge in [-0.3, -0.25) is 0 Å². The van der Waals surface area contributed by atoms with Crippen LogP contribution in [0.1, 0.15) is 10.3 Å². The van der Waals surface area contributed by atoms with Gasteiger partial charge in [0.15, 0.2) is 0 Å². The van der Waals surface area contributed by atoms with Crippen LogP contribution in [0.5, 0.6) is 0 Å². The van der Waals surface area contributed by atoms with Gasteiger partial charge < -0.3 is 23.3 Å². The van der Waals surface area contributed by atoms with Crippen LogP contribution >= 0.6 is 0 Å². The Morgan fingerprint density at radius 3 is 0.900 bits per heavy atom. The Hall–Kier alpha value is -0.200. The summed E-state index contributed by atoms with van der Waals surface area (Å²) in [6, 6.07) is 0. The summed E-state index contributed by atoms with van der Waals surface area (Å²) in [5, 5.41) is 27.9. The Bertz CT molecular complexity index is 78.8. The standard InChI is InChI=1S/2CH2O3.CH4.Ca.2H/c2*2-1(3)4;;;;/h2*(H2,2,3,4);1H4;;;/q;;;+2;2*-1. The molecule has 6 nitrogen and oxygen atoms in total. The van der Waals surface area contributed by atoms with Crippen molar-refractivity contribution >= 4 is 50.0 Å². The molecular weight excluding hydrogens is 172 g/mol. The molecule has 0 radical (unpaired) electrons. The van der Waals surface area contributed by atoms with Crippen LogP contribution in [0.4, 0.5) is 9.59 Å². The van der Waals surface area contributed by atoms with Crippen LogP contribution in [0.3, 0.4) is 0 Å². The molecular formula is C3H10CaO6. The maximum atomic E-state index is 8.56. The number of rotatable bonds is 0. The molecule has 4 N–H and O–H groups in total. The molecule has 0 fully saturated rings. The zero-order valence-corrected chi connectivity index (χ0v) is 6.52. The summed E-state index contributed by atoms with van der Waals surface area (Å²) in [7, 11) is 0. The molecule has 0 aliphatic carbocycles. The van der Waals surface area contributed by atoms with Crippen molar-refractivity contribution in [1.82, 2.24) is 0 Å². The zero-order chi connectivity index (χ0) is 7.15. The van der Waals surface area contributed by atoms with Crippen molar-refractivity contribution in [3.63, 3.8) is 0 Å². The van der Waals surface area contributed by atoms with E-state index >= 15 is 0 Å². The first kappa shape index (κ1) is 22.6. The molecule has 0 aromatic heterocycles. The SMILES string of the molecule is C.O=C(O)O.O=C(O)O.[Ca+2].[H-].[H-]. The van der Waals surface area contributed by atoms with Gasteiger partial charge in [0, 0.05) is 0 Å². The zero-order valence-electron chi connectivity index (χ0n) is 6.31. The maximum Gasteiger partial charge on any atom is 2.00 e. The van der Waals surface area contributed by atoms with E-state index in [4.69, 9.17) is 30.0 Å². The van der Waals surface area contributed by atoms with E-state index in [2.05, 4.69) is 0 Å². The predicted molar refractivity (Wildman–Crippen MR) is 36.0 cm³/mol. The van der Waals surface area contributed by atoms with Gasteiger partial charge in [0.25, 0.3) is 0 Å². The molecule has 0 saturated carbocycles. The summed E-state index contributed by atoms with van der Waals surface area (Å²) in [5.74, 6) is 0. The van der Waals surface area contributed by atoms with Crippen molar-refractivity contribution in [1.29, 1.82) is 0 Å². The average Bonchev–Trinajstić information content (AvgIpc) is 1.25. The van der Waals surface area contributed by atoms with E-state index in [0.29, 0.717) is 0 Å². The Kier molecular flexibility index (Phi) is 35.9. The third-order valence-corrected chi connectivity index (χ3v) is 0. The third kappa shape index (κ3) is 8990.